The molecule has 6 nitrogen and oxygen atoms in total. The van der Waals surface area contributed by atoms with Crippen molar-refractivity contribution in [3.05, 3.63) is 146 Å². The third-order valence-electron chi connectivity index (χ3n) is 9.19. The number of hydrogen-bond donors (Lipinski definition) is 2. The van der Waals surface area contributed by atoms with Gasteiger partial charge in [0.2, 0.25) is 6.79 Å². The molecular formula is C45H36O6. The minimum Gasteiger partial charge on any atom is -0.491 e. The van der Waals surface area contributed by atoms with E-state index in [2.05, 4.69) is 60.7 Å². The summed E-state index contributed by atoms with van der Waals surface area (Å²) >= 11 is 0. The van der Waals surface area contributed by atoms with Crippen LogP contribution in [0.25, 0.3) is 65.3 Å². The predicted molar refractivity (Wildman–Crippen MR) is 205 cm³/mol. The fourth-order valence-electron chi connectivity index (χ4n) is 6.99. The Balaban J connectivity index is 1.25. The molecule has 2 N–H and O–H groups in total. The van der Waals surface area contributed by atoms with Crippen molar-refractivity contribution >= 4 is 43.1 Å². The van der Waals surface area contributed by atoms with Crippen LogP contribution in [0, 0.1) is 0 Å². The minimum absolute atomic E-state index is 0.0775. The van der Waals surface area contributed by atoms with Crippen molar-refractivity contribution in [3.8, 4) is 45.3 Å². The lowest BCUT2D eigenvalue weighted by molar-refractivity contribution is 0.121. The van der Waals surface area contributed by atoms with Crippen LogP contribution in [0.15, 0.2) is 146 Å². The Bertz CT molecular complexity index is 2330. The van der Waals surface area contributed by atoms with Gasteiger partial charge in [-0.25, -0.2) is 0 Å². The smallest absolute Gasteiger partial charge is 0.230 e. The van der Waals surface area contributed by atoms with Crippen LogP contribution in [-0.4, -0.2) is 43.4 Å². The molecule has 0 radical (unpaired) electrons. The van der Waals surface area contributed by atoms with Gasteiger partial charge in [0.25, 0.3) is 0 Å². The van der Waals surface area contributed by atoms with Crippen LogP contribution in [0.1, 0.15) is 0 Å². The molecule has 0 fully saturated rings. The molecule has 0 bridgehead atoms. The fraction of sp³-hybridized carbons (Fsp3) is 0.111. The Labute approximate surface area is 295 Å². The second-order valence-electron chi connectivity index (χ2n) is 12.2. The average Bonchev–Trinajstić information content (AvgIpc) is 3.19. The quantitative estimate of drug-likeness (QED) is 0.126. The molecule has 8 aromatic carbocycles. The minimum atomic E-state index is -0.101. The Morgan fingerprint density at radius 3 is 0.882 bits per heavy atom. The number of ether oxygens (including phenoxy) is 4. The molecule has 0 spiro atoms. The van der Waals surface area contributed by atoms with Gasteiger partial charge in [0.05, 0.1) is 13.2 Å². The van der Waals surface area contributed by atoms with Crippen LogP contribution in [-0.2, 0) is 0 Å². The first kappa shape index (κ1) is 32.1. The number of fused-ring (bicyclic) bond motifs is 4. The molecule has 6 heteroatoms. The SMILES string of the molecule is OCCOc1ccc2ccccc2c1-c1c(OCOc2ccc3ccccc3c2-c2c(OCCO)ccc3ccccc23)ccc2ccccc12. The second-order valence-corrected chi connectivity index (χ2v) is 12.2. The molecule has 0 aliphatic rings. The maximum Gasteiger partial charge on any atom is 0.230 e. The van der Waals surface area contributed by atoms with Gasteiger partial charge in [0.1, 0.15) is 36.2 Å². The fourth-order valence-corrected chi connectivity index (χ4v) is 6.99. The molecule has 51 heavy (non-hydrogen) atoms. The maximum absolute atomic E-state index is 9.66. The van der Waals surface area contributed by atoms with E-state index in [4.69, 9.17) is 18.9 Å². The number of aliphatic hydroxyl groups is 2. The highest BCUT2D eigenvalue weighted by molar-refractivity contribution is 6.11. The van der Waals surface area contributed by atoms with E-state index in [0.29, 0.717) is 23.0 Å². The summed E-state index contributed by atoms with van der Waals surface area (Å²) in [6, 6.07) is 48.9. The molecule has 0 aliphatic heterocycles. The topological polar surface area (TPSA) is 77.4 Å². The van der Waals surface area contributed by atoms with E-state index in [1.807, 2.05) is 84.9 Å². The third kappa shape index (κ3) is 6.16. The summed E-state index contributed by atoms with van der Waals surface area (Å²) in [7, 11) is 0. The summed E-state index contributed by atoms with van der Waals surface area (Å²) < 4.78 is 25.5. The molecule has 0 saturated heterocycles. The average molecular weight is 673 g/mol. The van der Waals surface area contributed by atoms with E-state index in [9.17, 15) is 10.2 Å². The summed E-state index contributed by atoms with van der Waals surface area (Å²) in [6.45, 7) is 0.0512. The summed E-state index contributed by atoms with van der Waals surface area (Å²) in [4.78, 5) is 0. The largest absolute Gasteiger partial charge is 0.491 e. The standard InChI is InChI=1S/C45H36O6/c46-25-27-48-38-21-17-30-9-1-5-13-34(30)42(38)44-36-15-7-3-11-32(36)19-23-40(44)50-29-51-41-24-20-33-12-4-8-16-37(33)45(41)43-35-14-6-2-10-31(35)18-22-39(43)49-28-26-47/h1-24,46-47H,25-29H2. The first-order valence-electron chi connectivity index (χ1n) is 17.1. The summed E-state index contributed by atoms with van der Waals surface area (Å²) in [5.41, 5.74) is 3.55. The zero-order valence-corrected chi connectivity index (χ0v) is 27.9. The normalized spacial score (nSPS) is 11.3. The number of aliphatic hydroxyl groups excluding tert-OH is 2. The van der Waals surface area contributed by atoms with Gasteiger partial charge in [0.15, 0.2) is 0 Å². The molecule has 0 atom stereocenters. The van der Waals surface area contributed by atoms with Crippen molar-refractivity contribution in [1.82, 2.24) is 0 Å². The van der Waals surface area contributed by atoms with Gasteiger partial charge in [0, 0.05) is 22.3 Å². The molecular weight excluding hydrogens is 636 g/mol. The number of rotatable bonds is 12. The molecule has 0 heterocycles. The van der Waals surface area contributed by atoms with Crippen LogP contribution in [0.2, 0.25) is 0 Å². The van der Waals surface area contributed by atoms with Crippen molar-refractivity contribution in [3.63, 3.8) is 0 Å². The molecule has 0 amide bonds. The predicted octanol–water partition coefficient (Wildman–Crippen LogP) is 9.79. The molecule has 0 aromatic heterocycles. The van der Waals surface area contributed by atoms with Crippen molar-refractivity contribution in [2.75, 3.05) is 33.2 Å². The number of hydrogen-bond acceptors (Lipinski definition) is 6. The Morgan fingerprint density at radius 2 is 0.588 bits per heavy atom. The van der Waals surface area contributed by atoms with Crippen LogP contribution < -0.4 is 18.9 Å². The first-order chi connectivity index (χ1) is 25.2. The Morgan fingerprint density at radius 1 is 0.314 bits per heavy atom. The van der Waals surface area contributed by atoms with Gasteiger partial charge in [-0.15, -0.1) is 0 Å². The zero-order chi connectivity index (χ0) is 34.6. The van der Waals surface area contributed by atoms with Crippen LogP contribution in [0.3, 0.4) is 0 Å². The van der Waals surface area contributed by atoms with Crippen LogP contribution in [0.4, 0.5) is 0 Å². The molecule has 8 rings (SSSR count). The van der Waals surface area contributed by atoms with Crippen molar-refractivity contribution in [1.29, 1.82) is 0 Å². The van der Waals surface area contributed by atoms with Crippen molar-refractivity contribution in [2.45, 2.75) is 0 Å². The highest BCUT2D eigenvalue weighted by atomic mass is 16.7. The number of benzene rings is 8. The van der Waals surface area contributed by atoms with Gasteiger partial charge >= 0.3 is 0 Å². The van der Waals surface area contributed by atoms with E-state index < -0.39 is 0 Å². The lowest BCUT2D eigenvalue weighted by Gasteiger charge is -2.21. The highest BCUT2D eigenvalue weighted by Crippen LogP contribution is 2.47. The van der Waals surface area contributed by atoms with E-state index in [1.54, 1.807) is 0 Å². The first-order valence-corrected chi connectivity index (χ1v) is 17.1. The van der Waals surface area contributed by atoms with Gasteiger partial charge < -0.3 is 29.2 Å². The lowest BCUT2D eigenvalue weighted by atomic mass is 9.92. The molecule has 8 aromatic rings. The van der Waals surface area contributed by atoms with Gasteiger partial charge in [-0.1, -0.05) is 121 Å². The molecule has 0 unspecified atom stereocenters. The van der Waals surface area contributed by atoms with E-state index in [1.165, 1.54) is 0 Å². The second kappa shape index (κ2) is 14.4. The highest BCUT2D eigenvalue weighted by Gasteiger charge is 2.21. The van der Waals surface area contributed by atoms with Crippen LogP contribution in [0.5, 0.6) is 23.0 Å². The third-order valence-corrected chi connectivity index (χ3v) is 9.19. The molecule has 252 valence electrons. The zero-order valence-electron chi connectivity index (χ0n) is 27.9. The van der Waals surface area contributed by atoms with E-state index >= 15 is 0 Å². The lowest BCUT2D eigenvalue weighted by Crippen LogP contribution is -2.09. The van der Waals surface area contributed by atoms with Gasteiger partial charge in [-0.05, 0) is 67.4 Å². The molecule has 0 aliphatic carbocycles. The van der Waals surface area contributed by atoms with Crippen molar-refractivity contribution < 1.29 is 29.2 Å². The van der Waals surface area contributed by atoms with E-state index in [0.717, 1.165) is 65.3 Å². The summed E-state index contributed by atoms with van der Waals surface area (Å²) in [5.74, 6) is 2.60. The summed E-state index contributed by atoms with van der Waals surface area (Å²) in [5, 5.41) is 27.6. The Kier molecular flexibility index (Phi) is 9.08. The van der Waals surface area contributed by atoms with Gasteiger partial charge in [-0.3, -0.25) is 0 Å². The van der Waals surface area contributed by atoms with Crippen LogP contribution >= 0.6 is 0 Å². The van der Waals surface area contributed by atoms with Gasteiger partial charge in [-0.2, -0.15) is 0 Å². The van der Waals surface area contributed by atoms with Crippen molar-refractivity contribution in [2.24, 2.45) is 0 Å². The summed E-state index contributed by atoms with van der Waals surface area (Å²) in [6.07, 6.45) is 0. The Hall–Kier alpha value is -6.08. The van der Waals surface area contributed by atoms with E-state index in [-0.39, 0.29) is 33.2 Å². The monoisotopic (exact) mass is 672 g/mol. The maximum atomic E-state index is 9.66. The molecule has 0 saturated carbocycles.